The van der Waals surface area contributed by atoms with Crippen molar-refractivity contribution in [2.24, 2.45) is 0 Å². The van der Waals surface area contributed by atoms with Gasteiger partial charge in [-0.3, -0.25) is 4.79 Å². The number of likely N-dealkylation sites (N-methyl/N-ethyl adjacent to an activating group) is 1. The van der Waals surface area contributed by atoms with E-state index in [0.29, 0.717) is 12.5 Å². The third-order valence-electron chi connectivity index (χ3n) is 4.23. The molecule has 4 nitrogen and oxygen atoms in total. The van der Waals surface area contributed by atoms with Crippen molar-refractivity contribution >= 4 is 17.2 Å². The summed E-state index contributed by atoms with van der Waals surface area (Å²) in [5.74, 6) is 1.12. The molecule has 0 spiro atoms. The van der Waals surface area contributed by atoms with Gasteiger partial charge in [-0.25, -0.2) is 0 Å². The summed E-state index contributed by atoms with van der Waals surface area (Å²) in [5.41, 5.74) is 2.26. The van der Waals surface area contributed by atoms with Crippen LogP contribution in [0.5, 0.6) is 5.75 Å². The summed E-state index contributed by atoms with van der Waals surface area (Å²) in [7, 11) is 4.04. The van der Waals surface area contributed by atoms with E-state index in [9.17, 15) is 4.79 Å². The fraction of sp³-hybridized carbons (Fsp3) is 0.450. The van der Waals surface area contributed by atoms with Crippen molar-refractivity contribution < 1.29 is 9.53 Å². The Morgan fingerprint density at radius 1 is 1.28 bits per heavy atom. The van der Waals surface area contributed by atoms with Crippen LogP contribution in [0.25, 0.3) is 0 Å². The van der Waals surface area contributed by atoms with Gasteiger partial charge in [-0.05, 0) is 55.6 Å². The lowest BCUT2D eigenvalue weighted by Crippen LogP contribution is -2.36. The first-order chi connectivity index (χ1) is 11.9. The van der Waals surface area contributed by atoms with Crippen molar-refractivity contribution in [1.29, 1.82) is 0 Å². The van der Waals surface area contributed by atoms with Crippen molar-refractivity contribution in [1.82, 2.24) is 10.2 Å². The van der Waals surface area contributed by atoms with Gasteiger partial charge in [-0.1, -0.05) is 32.0 Å². The van der Waals surface area contributed by atoms with Crippen molar-refractivity contribution in [3.8, 4) is 5.75 Å². The summed E-state index contributed by atoms with van der Waals surface area (Å²) in [5, 5.41) is 5.04. The number of nitrogens with one attached hydrogen (secondary N) is 1. The molecule has 2 rings (SSSR count). The van der Waals surface area contributed by atoms with Crippen molar-refractivity contribution in [3.05, 3.63) is 51.7 Å². The molecule has 1 N–H and O–H groups in total. The molecule has 0 bridgehead atoms. The van der Waals surface area contributed by atoms with E-state index in [0.717, 1.165) is 11.3 Å². The maximum absolute atomic E-state index is 12.2. The molecule has 1 aromatic heterocycles. The van der Waals surface area contributed by atoms with E-state index in [2.05, 4.69) is 41.6 Å². The van der Waals surface area contributed by atoms with Crippen LogP contribution < -0.4 is 10.1 Å². The predicted octanol–water partition coefficient (Wildman–Crippen LogP) is 3.98. The number of carbonyl (C=O) groups is 1. The van der Waals surface area contributed by atoms with Crippen molar-refractivity contribution in [2.45, 2.75) is 32.7 Å². The van der Waals surface area contributed by atoms with Gasteiger partial charge in [0.2, 0.25) is 0 Å². The molecule has 1 unspecified atom stereocenters. The number of rotatable bonds is 8. The molecular weight excluding hydrogens is 332 g/mol. The minimum absolute atomic E-state index is 0.0347. The SMILES string of the molecule is Cc1ccc(C(C)C)cc1OCC(=O)NCC(c1cccs1)N(C)C. The third kappa shape index (κ3) is 5.58. The molecule has 0 radical (unpaired) electrons. The zero-order chi connectivity index (χ0) is 18.4. The monoisotopic (exact) mass is 360 g/mol. The lowest BCUT2D eigenvalue weighted by Gasteiger charge is -2.23. The lowest BCUT2D eigenvalue weighted by atomic mass is 10.0. The maximum Gasteiger partial charge on any atom is 0.258 e. The van der Waals surface area contributed by atoms with Crippen LogP contribution in [-0.2, 0) is 4.79 Å². The number of nitrogens with zero attached hydrogens (tertiary/aromatic N) is 1. The maximum atomic E-state index is 12.2. The second kappa shape index (κ2) is 9.02. The van der Waals surface area contributed by atoms with Gasteiger partial charge in [0.15, 0.2) is 6.61 Å². The average Bonchev–Trinajstić information content (AvgIpc) is 3.07. The van der Waals surface area contributed by atoms with Crippen LogP contribution in [0.15, 0.2) is 35.7 Å². The van der Waals surface area contributed by atoms with Crippen LogP contribution in [-0.4, -0.2) is 38.1 Å². The standard InChI is InChI=1S/C20H28N2O2S/c1-14(2)16-9-8-15(3)18(11-16)24-13-20(23)21-12-17(22(4)5)19-7-6-10-25-19/h6-11,14,17H,12-13H2,1-5H3,(H,21,23). The minimum Gasteiger partial charge on any atom is -0.483 e. The van der Waals surface area contributed by atoms with E-state index >= 15 is 0 Å². The number of ether oxygens (including phenoxy) is 1. The second-order valence-electron chi connectivity index (χ2n) is 6.77. The lowest BCUT2D eigenvalue weighted by molar-refractivity contribution is -0.123. The van der Waals surface area contributed by atoms with E-state index in [-0.39, 0.29) is 18.6 Å². The molecule has 1 atom stereocenters. The van der Waals surface area contributed by atoms with E-state index in [1.807, 2.05) is 39.2 Å². The topological polar surface area (TPSA) is 41.6 Å². The van der Waals surface area contributed by atoms with E-state index in [1.165, 1.54) is 10.4 Å². The van der Waals surface area contributed by atoms with Gasteiger partial charge in [-0.2, -0.15) is 0 Å². The summed E-state index contributed by atoms with van der Waals surface area (Å²) < 4.78 is 5.75. The van der Waals surface area contributed by atoms with Crippen LogP contribution in [0.4, 0.5) is 0 Å². The summed E-state index contributed by atoms with van der Waals surface area (Å²) in [6.45, 7) is 6.89. The first-order valence-corrected chi connectivity index (χ1v) is 9.46. The summed E-state index contributed by atoms with van der Waals surface area (Å²) in [6.07, 6.45) is 0. The fourth-order valence-electron chi connectivity index (χ4n) is 2.55. The molecular formula is C20H28N2O2S. The minimum atomic E-state index is -0.0993. The Morgan fingerprint density at radius 2 is 2.04 bits per heavy atom. The highest BCUT2D eigenvalue weighted by Crippen LogP contribution is 2.24. The van der Waals surface area contributed by atoms with Crippen LogP contribution in [0, 0.1) is 6.92 Å². The first-order valence-electron chi connectivity index (χ1n) is 8.58. The number of thiophene rings is 1. The van der Waals surface area contributed by atoms with Crippen LogP contribution in [0.2, 0.25) is 0 Å². The van der Waals surface area contributed by atoms with Crippen LogP contribution >= 0.6 is 11.3 Å². The highest BCUT2D eigenvalue weighted by molar-refractivity contribution is 7.10. The van der Waals surface area contributed by atoms with Gasteiger partial charge >= 0.3 is 0 Å². The van der Waals surface area contributed by atoms with Crippen LogP contribution in [0.1, 0.15) is 41.8 Å². The molecule has 0 fully saturated rings. The van der Waals surface area contributed by atoms with Crippen molar-refractivity contribution in [3.63, 3.8) is 0 Å². The highest BCUT2D eigenvalue weighted by atomic mass is 32.1. The van der Waals surface area contributed by atoms with Gasteiger partial charge < -0.3 is 15.0 Å². The Labute approximate surface area is 154 Å². The van der Waals surface area contributed by atoms with Gasteiger partial charge in [0.05, 0.1) is 6.04 Å². The zero-order valence-electron chi connectivity index (χ0n) is 15.7. The first kappa shape index (κ1) is 19.5. The Balaban J connectivity index is 1.89. The average molecular weight is 361 g/mol. The van der Waals surface area contributed by atoms with Gasteiger partial charge in [-0.15, -0.1) is 11.3 Å². The summed E-state index contributed by atoms with van der Waals surface area (Å²) >= 11 is 1.70. The van der Waals surface area contributed by atoms with E-state index in [4.69, 9.17) is 4.74 Å². The third-order valence-corrected chi connectivity index (χ3v) is 5.20. The fourth-order valence-corrected chi connectivity index (χ4v) is 3.48. The van der Waals surface area contributed by atoms with E-state index in [1.54, 1.807) is 11.3 Å². The largest absolute Gasteiger partial charge is 0.483 e. The number of benzene rings is 1. The van der Waals surface area contributed by atoms with Gasteiger partial charge in [0.1, 0.15) is 5.75 Å². The molecule has 136 valence electrons. The predicted molar refractivity (Wildman–Crippen MR) is 105 cm³/mol. The number of hydrogen-bond acceptors (Lipinski definition) is 4. The molecule has 0 saturated heterocycles. The Kier molecular flexibility index (Phi) is 7.02. The van der Waals surface area contributed by atoms with Gasteiger partial charge in [0, 0.05) is 11.4 Å². The molecule has 0 aliphatic rings. The highest BCUT2D eigenvalue weighted by Gasteiger charge is 2.16. The molecule has 1 heterocycles. The molecule has 0 aliphatic heterocycles. The molecule has 25 heavy (non-hydrogen) atoms. The Hall–Kier alpha value is -1.85. The number of amides is 1. The van der Waals surface area contributed by atoms with E-state index < -0.39 is 0 Å². The molecule has 2 aromatic rings. The molecule has 0 saturated carbocycles. The zero-order valence-corrected chi connectivity index (χ0v) is 16.5. The number of hydrogen-bond donors (Lipinski definition) is 1. The second-order valence-corrected chi connectivity index (χ2v) is 7.75. The summed E-state index contributed by atoms with van der Waals surface area (Å²) in [4.78, 5) is 15.5. The van der Waals surface area contributed by atoms with Crippen molar-refractivity contribution in [2.75, 3.05) is 27.2 Å². The molecule has 0 aliphatic carbocycles. The molecule has 1 amide bonds. The normalized spacial score (nSPS) is 12.4. The van der Waals surface area contributed by atoms with Crippen LogP contribution in [0.3, 0.4) is 0 Å². The molecule has 5 heteroatoms. The Bertz CT molecular complexity index is 681. The number of aryl methyl sites for hydroxylation is 1. The van der Waals surface area contributed by atoms with Gasteiger partial charge in [0.25, 0.3) is 5.91 Å². The summed E-state index contributed by atoms with van der Waals surface area (Å²) in [6, 6.07) is 10.5. The molecule has 1 aromatic carbocycles. The Morgan fingerprint density at radius 3 is 2.64 bits per heavy atom. The quantitative estimate of drug-likeness (QED) is 0.774. The number of carbonyl (C=O) groups excluding carboxylic acids is 1. The smallest absolute Gasteiger partial charge is 0.258 e.